The number of carboxylic acid groups (broad SMARTS) is 1. The first kappa shape index (κ1) is 34.1. The number of nitrogens with one attached hydrogen (secondary N) is 1. The van der Waals surface area contributed by atoms with E-state index < -0.39 is 48.0 Å². The molecule has 238 valence electrons. The molecule has 0 aliphatic rings. The number of benzene rings is 3. The Bertz CT molecular complexity index is 1730. The molecule has 0 heterocycles. The number of carbonyl (C=O) groups is 6. The summed E-state index contributed by atoms with van der Waals surface area (Å²) >= 11 is 0. The summed E-state index contributed by atoms with van der Waals surface area (Å²) in [6.45, 7) is 2.29. The molecule has 0 aromatic heterocycles. The molecule has 3 rings (SSSR count). The van der Waals surface area contributed by atoms with Crippen LogP contribution >= 0.6 is 0 Å². The van der Waals surface area contributed by atoms with Crippen LogP contribution in [0.3, 0.4) is 0 Å². The lowest BCUT2D eigenvalue weighted by Gasteiger charge is -2.24. The summed E-state index contributed by atoms with van der Waals surface area (Å²) in [5.74, 6) is -7.24. The van der Waals surface area contributed by atoms with Gasteiger partial charge in [0.15, 0.2) is 23.0 Å². The summed E-state index contributed by atoms with van der Waals surface area (Å²) in [5.41, 5.74) is -0.588. The maximum Gasteiger partial charge on any atom is 0.349 e. The van der Waals surface area contributed by atoms with Crippen molar-refractivity contribution in [2.45, 2.75) is 26.1 Å². The maximum atomic E-state index is 13.5. The Morgan fingerprint density at radius 1 is 0.717 bits per heavy atom. The van der Waals surface area contributed by atoms with Gasteiger partial charge in [-0.3, -0.25) is 14.4 Å². The number of aliphatic carboxylic acids is 1. The summed E-state index contributed by atoms with van der Waals surface area (Å²) in [6.07, 6.45) is -4.74. The molecule has 0 saturated heterocycles. The van der Waals surface area contributed by atoms with E-state index in [0.717, 1.165) is 38.1 Å². The zero-order valence-electron chi connectivity index (χ0n) is 24.7. The highest BCUT2D eigenvalue weighted by molar-refractivity contribution is 6.02. The van der Waals surface area contributed by atoms with Crippen LogP contribution in [0.1, 0.15) is 40.1 Å². The van der Waals surface area contributed by atoms with Crippen molar-refractivity contribution in [2.24, 2.45) is 0 Å². The number of amides is 1. The second kappa shape index (κ2) is 15.3. The SMILES string of the molecule is COc1cc(C(=O)O[C@@H](C(=O)O)[C@@H](OC(=O)c2ccc(OC(C)=O)c(OC)c2)C(=O)Nc2ccccc2C#N)ccc1OC(C)=O. The summed E-state index contributed by atoms with van der Waals surface area (Å²) < 4.78 is 30.7. The number of esters is 4. The number of ether oxygens (including phenoxy) is 6. The number of carbonyl (C=O) groups excluding carboxylic acids is 5. The molecule has 0 unspecified atom stereocenters. The number of nitriles is 1. The Kier molecular flexibility index (Phi) is 11.4. The minimum absolute atomic E-state index is 0.00411. The predicted octanol–water partition coefficient (Wildman–Crippen LogP) is 2.90. The number of carboxylic acids is 1. The molecular weight excluding hydrogens is 608 g/mol. The van der Waals surface area contributed by atoms with Crippen LogP contribution in [0.5, 0.6) is 23.0 Å². The Hall–Kier alpha value is -6.43. The molecule has 0 radical (unpaired) electrons. The van der Waals surface area contributed by atoms with Crippen molar-refractivity contribution < 1.29 is 62.3 Å². The van der Waals surface area contributed by atoms with Gasteiger partial charge in [0.25, 0.3) is 5.91 Å². The van der Waals surface area contributed by atoms with Crippen LogP contribution in [0, 0.1) is 11.3 Å². The van der Waals surface area contributed by atoms with Crippen LogP contribution in [0.25, 0.3) is 0 Å². The molecular formula is C31H26N2O13. The van der Waals surface area contributed by atoms with Gasteiger partial charge < -0.3 is 38.8 Å². The topological polar surface area (TPSA) is 214 Å². The van der Waals surface area contributed by atoms with E-state index in [1.54, 1.807) is 0 Å². The molecule has 46 heavy (non-hydrogen) atoms. The average molecular weight is 635 g/mol. The van der Waals surface area contributed by atoms with E-state index in [-0.39, 0.29) is 45.4 Å². The molecule has 15 heteroatoms. The first-order valence-electron chi connectivity index (χ1n) is 13.1. The Morgan fingerprint density at radius 3 is 1.63 bits per heavy atom. The van der Waals surface area contributed by atoms with Gasteiger partial charge in [0.2, 0.25) is 12.2 Å². The molecule has 0 fully saturated rings. The Labute approximate surface area is 261 Å². The standard InChI is InChI=1S/C31H26N2O13/c1-16(34)43-22-11-9-18(13-24(22)41-3)30(39)45-26(28(36)33-21-8-6-5-7-20(21)15-32)27(29(37)38)46-31(40)19-10-12-23(44-17(2)35)25(14-19)42-4/h5-14,26-27H,1-4H3,(H,33,36)(H,37,38)/t26-,27-/m1/s1. The summed E-state index contributed by atoms with van der Waals surface area (Å²) in [5, 5.41) is 21.8. The van der Waals surface area contributed by atoms with E-state index in [1.165, 1.54) is 50.6 Å². The van der Waals surface area contributed by atoms with E-state index in [9.17, 15) is 39.1 Å². The smallest absolute Gasteiger partial charge is 0.349 e. The molecule has 0 saturated carbocycles. The van der Waals surface area contributed by atoms with Crippen molar-refractivity contribution in [2.75, 3.05) is 19.5 Å². The van der Waals surface area contributed by atoms with E-state index >= 15 is 0 Å². The first-order valence-corrected chi connectivity index (χ1v) is 13.1. The molecule has 0 bridgehead atoms. The number of hydrogen-bond acceptors (Lipinski definition) is 13. The molecule has 0 aliphatic carbocycles. The summed E-state index contributed by atoms with van der Waals surface area (Å²) in [6, 6.07) is 14.5. The lowest BCUT2D eigenvalue weighted by molar-refractivity contribution is -0.157. The lowest BCUT2D eigenvalue weighted by atomic mass is 10.1. The molecule has 1 amide bonds. The van der Waals surface area contributed by atoms with Crippen molar-refractivity contribution in [1.29, 1.82) is 5.26 Å². The minimum Gasteiger partial charge on any atom is -0.493 e. The van der Waals surface area contributed by atoms with Crippen LogP contribution < -0.4 is 24.3 Å². The minimum atomic E-state index is -2.42. The van der Waals surface area contributed by atoms with Gasteiger partial charge in [0.1, 0.15) is 6.07 Å². The van der Waals surface area contributed by atoms with E-state index in [0.29, 0.717) is 0 Å². The van der Waals surface area contributed by atoms with Gasteiger partial charge in [0.05, 0.1) is 36.6 Å². The quantitative estimate of drug-likeness (QED) is 0.217. The van der Waals surface area contributed by atoms with E-state index in [1.807, 2.05) is 6.07 Å². The number of hydrogen-bond donors (Lipinski definition) is 2. The normalized spacial score (nSPS) is 11.5. The van der Waals surface area contributed by atoms with Crippen molar-refractivity contribution >= 4 is 41.4 Å². The van der Waals surface area contributed by atoms with Crippen LogP contribution in [0.15, 0.2) is 60.7 Å². The fraction of sp³-hybridized carbons (Fsp3) is 0.194. The molecule has 0 aliphatic heterocycles. The maximum absolute atomic E-state index is 13.5. The molecule has 3 aromatic carbocycles. The number of rotatable bonds is 12. The third kappa shape index (κ3) is 8.57. The van der Waals surface area contributed by atoms with Crippen molar-refractivity contribution in [3.05, 3.63) is 77.4 Å². The number of para-hydroxylation sites is 1. The van der Waals surface area contributed by atoms with Crippen LogP contribution in [0.4, 0.5) is 5.69 Å². The number of methoxy groups -OCH3 is 2. The fourth-order valence-electron chi connectivity index (χ4n) is 3.82. The van der Waals surface area contributed by atoms with Crippen molar-refractivity contribution in [3.8, 4) is 29.1 Å². The van der Waals surface area contributed by atoms with Crippen LogP contribution in [-0.4, -0.2) is 67.3 Å². The van der Waals surface area contributed by atoms with Crippen LogP contribution in [-0.2, 0) is 28.7 Å². The first-order chi connectivity index (χ1) is 21.9. The van der Waals surface area contributed by atoms with E-state index in [2.05, 4.69) is 5.32 Å². The molecule has 2 N–H and O–H groups in total. The zero-order valence-corrected chi connectivity index (χ0v) is 24.7. The van der Waals surface area contributed by atoms with Gasteiger partial charge in [-0.25, -0.2) is 14.4 Å². The molecule has 0 spiro atoms. The Morgan fingerprint density at radius 2 is 1.20 bits per heavy atom. The zero-order chi connectivity index (χ0) is 34.0. The monoisotopic (exact) mass is 634 g/mol. The lowest BCUT2D eigenvalue weighted by Crippen LogP contribution is -2.48. The van der Waals surface area contributed by atoms with Gasteiger partial charge in [-0.1, -0.05) is 12.1 Å². The van der Waals surface area contributed by atoms with Gasteiger partial charge in [0, 0.05) is 13.8 Å². The van der Waals surface area contributed by atoms with E-state index in [4.69, 9.17) is 28.4 Å². The van der Waals surface area contributed by atoms with Gasteiger partial charge in [-0.05, 0) is 48.5 Å². The largest absolute Gasteiger partial charge is 0.493 e. The van der Waals surface area contributed by atoms with Crippen molar-refractivity contribution in [3.63, 3.8) is 0 Å². The van der Waals surface area contributed by atoms with Gasteiger partial charge in [-0.15, -0.1) is 0 Å². The molecule has 2 atom stereocenters. The second-order valence-electron chi connectivity index (χ2n) is 9.06. The van der Waals surface area contributed by atoms with Crippen molar-refractivity contribution in [1.82, 2.24) is 0 Å². The summed E-state index contributed by atoms with van der Waals surface area (Å²) in [7, 11) is 2.46. The highest BCUT2D eigenvalue weighted by Gasteiger charge is 2.41. The number of nitrogens with zero attached hydrogens (tertiary/aromatic N) is 1. The second-order valence-corrected chi connectivity index (χ2v) is 9.06. The average Bonchev–Trinajstić information content (AvgIpc) is 3.02. The van der Waals surface area contributed by atoms with Crippen LogP contribution in [0.2, 0.25) is 0 Å². The predicted molar refractivity (Wildman–Crippen MR) is 154 cm³/mol. The van der Waals surface area contributed by atoms with Gasteiger partial charge >= 0.3 is 29.8 Å². The van der Waals surface area contributed by atoms with Gasteiger partial charge in [-0.2, -0.15) is 5.26 Å². The fourth-order valence-corrected chi connectivity index (χ4v) is 3.82. The Balaban J connectivity index is 2.00. The highest BCUT2D eigenvalue weighted by atomic mass is 16.6. The number of anilines is 1. The summed E-state index contributed by atoms with van der Waals surface area (Å²) in [4.78, 5) is 74.9. The molecule has 3 aromatic rings. The third-order valence-electron chi connectivity index (χ3n) is 5.86. The third-order valence-corrected chi connectivity index (χ3v) is 5.86. The highest BCUT2D eigenvalue weighted by Crippen LogP contribution is 2.30. The molecule has 15 nitrogen and oxygen atoms in total.